The third-order valence-corrected chi connectivity index (χ3v) is 3.65. The van der Waals surface area contributed by atoms with E-state index in [0.717, 1.165) is 45.4 Å². The molecule has 0 aromatic carbocycles. The van der Waals surface area contributed by atoms with Crippen LogP contribution in [0.5, 0.6) is 0 Å². The molecule has 1 rings (SSSR count). The van der Waals surface area contributed by atoms with Gasteiger partial charge in [0, 0.05) is 13.1 Å². The fraction of sp³-hybridized carbons (Fsp3) is 0.800. The lowest BCUT2D eigenvalue weighted by Crippen LogP contribution is -2.45. The van der Waals surface area contributed by atoms with Crippen molar-refractivity contribution in [2.75, 3.05) is 32.8 Å². The minimum absolute atomic E-state index is 0.131. The van der Waals surface area contributed by atoms with Gasteiger partial charge in [-0.3, -0.25) is 4.79 Å². The molecular weight excluding hydrogens is 240 g/mol. The summed E-state index contributed by atoms with van der Waals surface area (Å²) in [6.07, 6.45) is 4.47. The molecule has 19 heavy (non-hydrogen) atoms. The first kappa shape index (κ1) is 16.2. The van der Waals surface area contributed by atoms with E-state index in [1.54, 1.807) is 0 Å². The maximum Gasteiger partial charge on any atom is 0.251 e. The Kier molecular flexibility index (Phi) is 7.75. The number of carbonyl (C=O) groups is 1. The Hall–Kier alpha value is -0.870. The van der Waals surface area contributed by atoms with Crippen molar-refractivity contribution in [2.24, 2.45) is 5.92 Å². The first-order chi connectivity index (χ1) is 9.19. The van der Waals surface area contributed by atoms with E-state index in [2.05, 4.69) is 18.8 Å². The van der Waals surface area contributed by atoms with Crippen molar-refractivity contribution in [1.82, 2.24) is 10.2 Å². The Morgan fingerprint density at radius 2 is 2.21 bits per heavy atom. The van der Waals surface area contributed by atoms with E-state index in [9.17, 15) is 4.79 Å². The number of hydrogen-bond donors (Lipinski definition) is 1. The highest BCUT2D eigenvalue weighted by Crippen LogP contribution is 2.17. The Balaban J connectivity index is 2.25. The fourth-order valence-electron chi connectivity index (χ4n) is 2.36. The van der Waals surface area contributed by atoms with Crippen molar-refractivity contribution in [2.45, 2.75) is 39.2 Å². The maximum atomic E-state index is 12.2. The number of nitrogens with zero attached hydrogens (tertiary/aromatic N) is 1. The van der Waals surface area contributed by atoms with E-state index in [4.69, 9.17) is 4.74 Å². The monoisotopic (exact) mass is 268 g/mol. The van der Waals surface area contributed by atoms with Crippen molar-refractivity contribution in [3.05, 3.63) is 12.7 Å². The molecule has 1 N–H and O–H groups in total. The fourth-order valence-corrected chi connectivity index (χ4v) is 2.36. The number of piperidine rings is 1. The number of hydrogen-bond acceptors (Lipinski definition) is 3. The third kappa shape index (κ3) is 5.74. The normalized spacial score (nSPS) is 18.3. The van der Waals surface area contributed by atoms with E-state index in [-0.39, 0.29) is 12.0 Å². The molecule has 1 atom stereocenters. The molecule has 1 heterocycles. The van der Waals surface area contributed by atoms with E-state index in [1.165, 1.54) is 0 Å². The predicted molar refractivity (Wildman–Crippen MR) is 78.1 cm³/mol. The van der Waals surface area contributed by atoms with Crippen LogP contribution in [0.2, 0.25) is 0 Å². The average molecular weight is 268 g/mol. The standard InChI is InChI=1S/C15H28N2O2/c1-4-6-11-19-13(3)15(18)17-9-7-14(8-10-17)12-16-5-2/h4,13-14,16H,1,5-12H2,2-3H3. The lowest BCUT2D eigenvalue weighted by Gasteiger charge is -2.33. The highest BCUT2D eigenvalue weighted by molar-refractivity contribution is 5.80. The van der Waals surface area contributed by atoms with Gasteiger partial charge in [0.25, 0.3) is 5.91 Å². The smallest absolute Gasteiger partial charge is 0.251 e. The van der Waals surface area contributed by atoms with Crippen molar-refractivity contribution in [3.8, 4) is 0 Å². The number of carbonyl (C=O) groups excluding carboxylic acids is 1. The molecule has 1 unspecified atom stereocenters. The summed E-state index contributed by atoms with van der Waals surface area (Å²) in [6.45, 7) is 12.0. The topological polar surface area (TPSA) is 41.6 Å². The lowest BCUT2D eigenvalue weighted by atomic mass is 9.96. The quantitative estimate of drug-likeness (QED) is 0.539. The Bertz CT molecular complexity index is 273. The van der Waals surface area contributed by atoms with Crippen LogP contribution in [0.3, 0.4) is 0 Å². The summed E-state index contributed by atoms with van der Waals surface area (Å²) < 4.78 is 5.51. The second-order valence-electron chi connectivity index (χ2n) is 5.17. The number of ether oxygens (including phenoxy) is 1. The molecule has 110 valence electrons. The summed E-state index contributed by atoms with van der Waals surface area (Å²) in [7, 11) is 0. The molecule has 0 spiro atoms. The minimum atomic E-state index is -0.328. The lowest BCUT2D eigenvalue weighted by molar-refractivity contribution is -0.144. The third-order valence-electron chi connectivity index (χ3n) is 3.65. The van der Waals surface area contributed by atoms with Crippen LogP contribution in [0.25, 0.3) is 0 Å². The molecule has 0 aromatic rings. The van der Waals surface area contributed by atoms with Crippen LogP contribution < -0.4 is 5.32 Å². The number of rotatable bonds is 8. The highest BCUT2D eigenvalue weighted by atomic mass is 16.5. The van der Waals surface area contributed by atoms with Gasteiger partial charge in [0.05, 0.1) is 6.61 Å². The van der Waals surface area contributed by atoms with Gasteiger partial charge in [-0.05, 0) is 45.2 Å². The molecule has 0 aromatic heterocycles. The van der Waals surface area contributed by atoms with Gasteiger partial charge >= 0.3 is 0 Å². The zero-order valence-corrected chi connectivity index (χ0v) is 12.4. The van der Waals surface area contributed by atoms with Crippen LogP contribution >= 0.6 is 0 Å². The summed E-state index contributed by atoms with van der Waals surface area (Å²) in [5.74, 6) is 0.840. The maximum absolute atomic E-state index is 12.2. The molecule has 0 bridgehead atoms. The Morgan fingerprint density at radius 3 is 2.79 bits per heavy atom. The van der Waals surface area contributed by atoms with Gasteiger partial charge in [-0.15, -0.1) is 6.58 Å². The van der Waals surface area contributed by atoms with Gasteiger partial charge in [-0.1, -0.05) is 13.0 Å². The molecule has 0 radical (unpaired) electrons. The van der Waals surface area contributed by atoms with E-state index in [1.807, 2.05) is 17.9 Å². The summed E-state index contributed by atoms with van der Waals surface area (Å²) in [5.41, 5.74) is 0. The van der Waals surface area contributed by atoms with Crippen LogP contribution in [0.4, 0.5) is 0 Å². The molecule has 1 fully saturated rings. The van der Waals surface area contributed by atoms with Crippen molar-refractivity contribution in [3.63, 3.8) is 0 Å². The highest BCUT2D eigenvalue weighted by Gasteiger charge is 2.25. The van der Waals surface area contributed by atoms with Crippen molar-refractivity contribution in [1.29, 1.82) is 0 Å². The molecule has 1 aliphatic rings. The molecule has 4 nitrogen and oxygen atoms in total. The SMILES string of the molecule is C=CCCOC(C)C(=O)N1CCC(CNCC)CC1. The number of nitrogens with one attached hydrogen (secondary N) is 1. The van der Waals surface area contributed by atoms with E-state index in [0.29, 0.717) is 12.5 Å². The van der Waals surface area contributed by atoms with Gasteiger partial charge in [0.15, 0.2) is 0 Å². The summed E-state index contributed by atoms with van der Waals surface area (Å²) >= 11 is 0. The van der Waals surface area contributed by atoms with E-state index >= 15 is 0 Å². The van der Waals surface area contributed by atoms with Crippen molar-refractivity contribution < 1.29 is 9.53 Å². The first-order valence-corrected chi connectivity index (χ1v) is 7.41. The molecular formula is C15H28N2O2. The summed E-state index contributed by atoms with van der Waals surface area (Å²) in [4.78, 5) is 14.1. The summed E-state index contributed by atoms with van der Waals surface area (Å²) in [5, 5.41) is 3.38. The first-order valence-electron chi connectivity index (χ1n) is 7.41. The molecule has 0 aliphatic carbocycles. The molecule has 1 amide bonds. The van der Waals surface area contributed by atoms with Crippen LogP contribution in [0.1, 0.15) is 33.1 Å². The number of amides is 1. The Labute approximate surface area is 117 Å². The Morgan fingerprint density at radius 1 is 1.53 bits per heavy atom. The van der Waals surface area contributed by atoms with Gasteiger partial charge in [-0.2, -0.15) is 0 Å². The van der Waals surface area contributed by atoms with Crippen LogP contribution in [-0.4, -0.2) is 49.7 Å². The van der Waals surface area contributed by atoms with Crippen LogP contribution in [-0.2, 0) is 9.53 Å². The second-order valence-corrected chi connectivity index (χ2v) is 5.17. The molecule has 0 saturated carbocycles. The minimum Gasteiger partial charge on any atom is -0.368 e. The average Bonchev–Trinajstić information content (AvgIpc) is 2.45. The summed E-state index contributed by atoms with van der Waals surface area (Å²) in [6, 6.07) is 0. The zero-order valence-electron chi connectivity index (χ0n) is 12.4. The van der Waals surface area contributed by atoms with Crippen LogP contribution in [0, 0.1) is 5.92 Å². The van der Waals surface area contributed by atoms with E-state index < -0.39 is 0 Å². The zero-order chi connectivity index (χ0) is 14.1. The second kappa shape index (κ2) is 9.10. The van der Waals surface area contributed by atoms with Gasteiger partial charge in [-0.25, -0.2) is 0 Å². The van der Waals surface area contributed by atoms with Crippen LogP contribution in [0.15, 0.2) is 12.7 Å². The molecule has 1 saturated heterocycles. The number of likely N-dealkylation sites (tertiary alicyclic amines) is 1. The van der Waals surface area contributed by atoms with Gasteiger partial charge < -0.3 is 15.0 Å². The molecule has 4 heteroatoms. The van der Waals surface area contributed by atoms with Gasteiger partial charge in [0.1, 0.15) is 6.10 Å². The largest absolute Gasteiger partial charge is 0.368 e. The van der Waals surface area contributed by atoms with Crippen molar-refractivity contribution >= 4 is 5.91 Å². The molecule has 1 aliphatic heterocycles. The van der Waals surface area contributed by atoms with Gasteiger partial charge in [0.2, 0.25) is 0 Å². The predicted octanol–water partition coefficient (Wildman–Crippen LogP) is 1.82.